The fraction of sp³-hybridized carbons (Fsp3) is 0.310. The van der Waals surface area contributed by atoms with Gasteiger partial charge in [-0.1, -0.05) is 18.7 Å². The third kappa shape index (κ3) is 8.35. The van der Waals surface area contributed by atoms with Crippen LogP contribution < -0.4 is 10.6 Å². The summed E-state index contributed by atoms with van der Waals surface area (Å²) < 4.78 is 47.4. The van der Waals surface area contributed by atoms with Gasteiger partial charge in [-0.05, 0) is 56.3 Å². The van der Waals surface area contributed by atoms with E-state index >= 15 is 0 Å². The van der Waals surface area contributed by atoms with E-state index in [0.29, 0.717) is 29.1 Å². The molecule has 0 bridgehead atoms. The number of nitrogens with one attached hydrogen (secondary N) is 2. The number of halogens is 3. The van der Waals surface area contributed by atoms with Gasteiger partial charge in [-0.25, -0.2) is 9.67 Å². The van der Waals surface area contributed by atoms with Gasteiger partial charge in [0.1, 0.15) is 0 Å². The highest BCUT2D eigenvalue weighted by Crippen LogP contribution is 2.33. The molecular weight excluding hydrogens is 535 g/mol. The molecule has 41 heavy (non-hydrogen) atoms. The summed E-state index contributed by atoms with van der Waals surface area (Å²) in [4.78, 5) is 23.4. The van der Waals surface area contributed by atoms with Crippen LogP contribution in [0.1, 0.15) is 19.0 Å². The first kappa shape index (κ1) is 29.7. The molecule has 4 heterocycles. The molecule has 3 aromatic heterocycles. The summed E-state index contributed by atoms with van der Waals surface area (Å²) in [6.45, 7) is 10.8. The summed E-state index contributed by atoms with van der Waals surface area (Å²) in [6, 6.07) is 7.02. The minimum atomic E-state index is -4.66. The third-order valence-corrected chi connectivity index (χ3v) is 6.22. The summed E-state index contributed by atoms with van der Waals surface area (Å²) in [5.41, 5.74) is 0.834. The van der Waals surface area contributed by atoms with Gasteiger partial charge >= 0.3 is 6.18 Å². The molecular formula is C29H32F3N7O2. The zero-order valence-electron chi connectivity index (χ0n) is 22.7. The number of nitrogens with zero attached hydrogens (tertiary/aromatic N) is 5. The van der Waals surface area contributed by atoms with Gasteiger partial charge in [0.05, 0.1) is 30.8 Å². The van der Waals surface area contributed by atoms with E-state index in [-0.39, 0.29) is 11.5 Å². The Labute approximate surface area is 236 Å². The van der Waals surface area contributed by atoms with Crippen LogP contribution in [-0.4, -0.2) is 69.9 Å². The van der Waals surface area contributed by atoms with Crippen LogP contribution in [0.25, 0.3) is 17.1 Å². The van der Waals surface area contributed by atoms with Gasteiger partial charge in [-0.2, -0.15) is 18.3 Å². The first-order chi connectivity index (χ1) is 19.7. The van der Waals surface area contributed by atoms with Crippen molar-refractivity contribution in [3.63, 3.8) is 0 Å². The number of ether oxygens (including phenoxy) is 1. The highest BCUT2D eigenvalue weighted by Gasteiger charge is 2.36. The summed E-state index contributed by atoms with van der Waals surface area (Å²) in [6.07, 6.45) is 5.53. The predicted molar refractivity (Wildman–Crippen MR) is 150 cm³/mol. The lowest BCUT2D eigenvalue weighted by Gasteiger charge is -2.26. The molecule has 1 amide bonds. The van der Waals surface area contributed by atoms with Gasteiger partial charge in [0, 0.05) is 48.9 Å². The number of amides is 1. The van der Waals surface area contributed by atoms with Crippen molar-refractivity contribution in [1.29, 1.82) is 0 Å². The molecule has 0 atom stereocenters. The van der Waals surface area contributed by atoms with Crippen LogP contribution in [0.3, 0.4) is 0 Å². The lowest BCUT2D eigenvalue weighted by molar-refractivity contribution is -0.142. The number of allylic oxidation sites excluding steroid dienone is 2. The Bertz CT molecular complexity index is 1380. The van der Waals surface area contributed by atoms with E-state index in [4.69, 9.17) is 4.74 Å². The predicted octanol–water partition coefficient (Wildman–Crippen LogP) is 4.61. The molecule has 216 valence electrons. The molecule has 0 unspecified atom stereocenters. The first-order valence-electron chi connectivity index (χ1n) is 13.2. The fourth-order valence-electron chi connectivity index (χ4n) is 4.19. The summed E-state index contributed by atoms with van der Waals surface area (Å²) in [5, 5.41) is 10.1. The van der Waals surface area contributed by atoms with Gasteiger partial charge in [0.15, 0.2) is 11.5 Å². The Morgan fingerprint density at radius 2 is 2.00 bits per heavy atom. The van der Waals surface area contributed by atoms with Gasteiger partial charge < -0.3 is 15.4 Å². The average molecular weight is 568 g/mol. The molecule has 2 N–H and O–H groups in total. The Morgan fingerprint density at radius 3 is 2.66 bits per heavy atom. The van der Waals surface area contributed by atoms with Gasteiger partial charge in [0.2, 0.25) is 0 Å². The number of morpholine rings is 1. The number of carbonyl (C=O) groups is 1. The molecule has 0 spiro atoms. The largest absolute Gasteiger partial charge is 0.433 e. The van der Waals surface area contributed by atoms with Gasteiger partial charge in [-0.3, -0.25) is 14.7 Å². The second-order valence-electron chi connectivity index (χ2n) is 9.28. The SMILES string of the molecule is C=C(/C=C(\C=C/C)C(=O)Nc1ccc(-n2nc(-c3cccnc3)cc2C(F)(F)F)nc1)NCCCN1CCOCC1. The number of carbonyl (C=O) groups excluding carboxylic acids is 1. The van der Waals surface area contributed by atoms with Crippen molar-refractivity contribution in [2.45, 2.75) is 19.5 Å². The van der Waals surface area contributed by atoms with Crippen molar-refractivity contribution in [3.8, 4) is 17.1 Å². The third-order valence-electron chi connectivity index (χ3n) is 6.22. The smallest absolute Gasteiger partial charge is 0.385 e. The Balaban J connectivity index is 1.40. The van der Waals surface area contributed by atoms with Crippen LogP contribution in [0, 0.1) is 0 Å². The van der Waals surface area contributed by atoms with Gasteiger partial charge in [0.25, 0.3) is 5.91 Å². The maximum Gasteiger partial charge on any atom is 0.433 e. The summed E-state index contributed by atoms with van der Waals surface area (Å²) in [7, 11) is 0. The molecule has 0 radical (unpaired) electrons. The van der Waals surface area contributed by atoms with E-state index in [1.807, 2.05) is 0 Å². The first-order valence-corrected chi connectivity index (χ1v) is 13.2. The maximum absolute atomic E-state index is 13.8. The van der Waals surface area contributed by atoms with E-state index in [2.05, 4.69) is 37.2 Å². The molecule has 12 heteroatoms. The van der Waals surface area contributed by atoms with Crippen LogP contribution >= 0.6 is 0 Å². The molecule has 0 aromatic carbocycles. The molecule has 9 nitrogen and oxygen atoms in total. The van der Waals surface area contributed by atoms with Crippen LogP contribution in [0.2, 0.25) is 0 Å². The number of rotatable bonds is 11. The lowest BCUT2D eigenvalue weighted by Crippen LogP contribution is -2.37. The van der Waals surface area contributed by atoms with Gasteiger partial charge in [-0.15, -0.1) is 0 Å². The number of hydrogen-bond acceptors (Lipinski definition) is 7. The van der Waals surface area contributed by atoms with E-state index in [0.717, 1.165) is 50.0 Å². The zero-order valence-corrected chi connectivity index (χ0v) is 22.7. The molecule has 1 fully saturated rings. The standard InChI is InChI=1S/C29H32F3N7O2/c1-3-6-22(17-21(2)34-11-5-12-38-13-15-41-16-14-38)28(40)36-24-8-9-27(35-20-24)39-26(29(30,31)32)18-25(37-39)23-7-4-10-33-19-23/h3-4,6-10,17-20,34H,2,5,11-16H2,1H3,(H,36,40)/b6-3-,22-17+. The lowest BCUT2D eigenvalue weighted by atomic mass is 10.2. The minimum Gasteiger partial charge on any atom is -0.385 e. The van der Waals surface area contributed by atoms with E-state index in [9.17, 15) is 18.0 Å². The summed E-state index contributed by atoms with van der Waals surface area (Å²) in [5.74, 6) is -0.466. The van der Waals surface area contributed by atoms with E-state index < -0.39 is 17.8 Å². The second kappa shape index (κ2) is 13.9. The van der Waals surface area contributed by atoms with Crippen molar-refractivity contribution in [2.24, 2.45) is 0 Å². The van der Waals surface area contributed by atoms with Crippen molar-refractivity contribution in [1.82, 2.24) is 30.0 Å². The van der Waals surface area contributed by atoms with Crippen molar-refractivity contribution < 1.29 is 22.7 Å². The van der Waals surface area contributed by atoms with Crippen LogP contribution in [0.15, 0.2) is 85.0 Å². The molecule has 3 aromatic rings. The highest BCUT2D eigenvalue weighted by atomic mass is 19.4. The van der Waals surface area contributed by atoms with Crippen molar-refractivity contribution in [3.05, 3.63) is 90.7 Å². The molecule has 4 rings (SSSR count). The van der Waals surface area contributed by atoms with E-state index in [1.165, 1.54) is 30.7 Å². The number of alkyl halides is 3. The van der Waals surface area contributed by atoms with Crippen molar-refractivity contribution >= 4 is 11.6 Å². The monoisotopic (exact) mass is 567 g/mol. The Kier molecular flexibility index (Phi) is 10.0. The molecule has 1 aliphatic heterocycles. The number of aromatic nitrogens is 4. The minimum absolute atomic E-state index is 0.0515. The Hall–Kier alpha value is -4.29. The second-order valence-corrected chi connectivity index (χ2v) is 9.28. The summed E-state index contributed by atoms with van der Waals surface area (Å²) >= 11 is 0. The number of anilines is 1. The zero-order chi connectivity index (χ0) is 29.2. The quantitative estimate of drug-likeness (QED) is 0.198. The highest BCUT2D eigenvalue weighted by molar-refractivity contribution is 6.06. The fourth-order valence-corrected chi connectivity index (χ4v) is 4.19. The molecule has 0 aliphatic carbocycles. The van der Waals surface area contributed by atoms with Crippen LogP contribution in [-0.2, 0) is 15.7 Å². The Morgan fingerprint density at radius 1 is 1.20 bits per heavy atom. The van der Waals surface area contributed by atoms with E-state index in [1.54, 1.807) is 37.3 Å². The van der Waals surface area contributed by atoms with Crippen LogP contribution in [0.5, 0.6) is 0 Å². The maximum atomic E-state index is 13.8. The number of hydrogen-bond donors (Lipinski definition) is 2. The number of pyridine rings is 2. The topological polar surface area (TPSA) is 97.2 Å². The average Bonchev–Trinajstić information content (AvgIpc) is 3.43. The normalized spacial score (nSPS) is 14.8. The van der Waals surface area contributed by atoms with Crippen molar-refractivity contribution in [2.75, 3.05) is 44.7 Å². The molecule has 0 saturated carbocycles. The molecule has 1 saturated heterocycles. The van der Waals surface area contributed by atoms with Crippen LogP contribution in [0.4, 0.5) is 18.9 Å². The molecule has 1 aliphatic rings.